The van der Waals surface area contributed by atoms with Crippen molar-refractivity contribution >= 4 is 28.1 Å². The number of aromatic nitrogens is 2. The van der Waals surface area contributed by atoms with Crippen LogP contribution in [-0.4, -0.2) is 28.8 Å². The van der Waals surface area contributed by atoms with Gasteiger partial charge in [0, 0.05) is 5.56 Å². The van der Waals surface area contributed by atoms with Crippen LogP contribution < -0.4 is 4.74 Å². The van der Waals surface area contributed by atoms with Crippen LogP contribution in [0.5, 0.6) is 5.75 Å². The van der Waals surface area contributed by atoms with E-state index in [9.17, 15) is 0 Å². The van der Waals surface area contributed by atoms with E-state index in [4.69, 9.17) is 25.8 Å². The lowest BCUT2D eigenvalue weighted by molar-refractivity contribution is 0.222. The van der Waals surface area contributed by atoms with Crippen LogP contribution in [0.25, 0.3) is 11.5 Å². The van der Waals surface area contributed by atoms with E-state index in [0.29, 0.717) is 28.6 Å². The van der Waals surface area contributed by atoms with Crippen LogP contribution in [0.4, 0.5) is 0 Å². The lowest BCUT2D eigenvalue weighted by Gasteiger charge is -2.13. The van der Waals surface area contributed by atoms with Gasteiger partial charge in [0.15, 0.2) is 4.67 Å². The molecule has 0 aliphatic rings. The summed E-state index contributed by atoms with van der Waals surface area (Å²) in [6, 6.07) is 11.3. The molecule has 8 heteroatoms. The first-order chi connectivity index (χ1) is 11.5. The Labute approximate surface area is 152 Å². The van der Waals surface area contributed by atoms with Crippen molar-refractivity contribution in [3.05, 3.63) is 51.7 Å². The van der Waals surface area contributed by atoms with Gasteiger partial charge in [0.2, 0.25) is 5.89 Å². The summed E-state index contributed by atoms with van der Waals surface area (Å²) >= 11 is 8.56. The van der Waals surface area contributed by atoms with Crippen LogP contribution in [0.2, 0.25) is 0 Å². The number of ether oxygens (including phenoxy) is 1. The molecule has 24 heavy (non-hydrogen) atoms. The van der Waals surface area contributed by atoms with Crippen molar-refractivity contribution < 1.29 is 13.6 Å². The molecule has 0 unspecified atom stereocenters. The zero-order chi connectivity index (χ0) is 17.1. The van der Waals surface area contributed by atoms with Gasteiger partial charge in [-0.15, -0.1) is 5.10 Å². The first-order valence-electron chi connectivity index (χ1n) is 7.20. The molecule has 3 aromatic rings. The van der Waals surface area contributed by atoms with Gasteiger partial charge in [-0.1, -0.05) is 0 Å². The fourth-order valence-corrected chi connectivity index (χ4v) is 2.74. The summed E-state index contributed by atoms with van der Waals surface area (Å²) in [5, 5.41) is 4.45. The Morgan fingerprint density at radius 2 is 1.96 bits per heavy atom. The molecule has 0 saturated heterocycles. The minimum Gasteiger partial charge on any atom is -0.497 e. The molecule has 0 amide bonds. The number of hydrogen-bond donors (Lipinski definition) is 0. The predicted molar refractivity (Wildman–Crippen MR) is 95.2 cm³/mol. The molecule has 0 saturated carbocycles. The summed E-state index contributed by atoms with van der Waals surface area (Å²) < 4.78 is 18.6. The van der Waals surface area contributed by atoms with E-state index in [1.165, 1.54) is 0 Å². The normalized spacial score (nSPS) is 11.2. The molecule has 2 heterocycles. The monoisotopic (exact) mass is 409 g/mol. The number of methoxy groups -OCH3 is 1. The molecule has 0 atom stereocenters. The van der Waals surface area contributed by atoms with Crippen LogP contribution in [0, 0.1) is 4.84 Å². The lowest BCUT2D eigenvalue weighted by atomic mass is 10.2. The second kappa shape index (κ2) is 7.33. The third-order valence-corrected chi connectivity index (χ3v) is 4.09. The highest BCUT2D eigenvalue weighted by Crippen LogP contribution is 2.21. The molecular weight excluding hydrogens is 394 g/mol. The number of furan rings is 1. The van der Waals surface area contributed by atoms with Gasteiger partial charge < -0.3 is 13.6 Å². The van der Waals surface area contributed by atoms with Crippen molar-refractivity contribution in [3.63, 3.8) is 0 Å². The average molecular weight is 410 g/mol. The van der Waals surface area contributed by atoms with E-state index in [1.54, 1.807) is 11.8 Å². The molecule has 0 fully saturated rings. The molecule has 3 rings (SSSR count). The van der Waals surface area contributed by atoms with E-state index < -0.39 is 0 Å². The maximum atomic E-state index is 5.60. The maximum Gasteiger partial charge on any atom is 0.288 e. The quantitative estimate of drug-likeness (QED) is 0.564. The van der Waals surface area contributed by atoms with Crippen molar-refractivity contribution in [3.8, 4) is 17.2 Å². The zero-order valence-electron chi connectivity index (χ0n) is 13.2. The summed E-state index contributed by atoms with van der Waals surface area (Å²) in [5.74, 6) is 2.12. The molecule has 1 aromatic carbocycles. The Kier molecular flexibility index (Phi) is 5.17. The number of nitrogens with zero attached hydrogens (tertiary/aromatic N) is 3. The lowest BCUT2D eigenvalue weighted by Crippen LogP contribution is -2.22. The van der Waals surface area contributed by atoms with Crippen LogP contribution in [0.3, 0.4) is 0 Å². The van der Waals surface area contributed by atoms with E-state index in [1.807, 2.05) is 48.3 Å². The van der Waals surface area contributed by atoms with E-state index in [-0.39, 0.29) is 0 Å². The van der Waals surface area contributed by atoms with Crippen LogP contribution >= 0.6 is 28.1 Å². The molecule has 0 spiro atoms. The Bertz CT molecular complexity index is 869. The highest BCUT2D eigenvalue weighted by Gasteiger charge is 2.11. The Morgan fingerprint density at radius 3 is 2.58 bits per heavy atom. The van der Waals surface area contributed by atoms with E-state index >= 15 is 0 Å². The number of benzene rings is 1. The maximum absolute atomic E-state index is 5.60. The highest BCUT2D eigenvalue weighted by molar-refractivity contribution is 9.10. The topological polar surface area (TPSA) is 56.6 Å². The third-order valence-electron chi connectivity index (χ3n) is 3.37. The first-order valence-corrected chi connectivity index (χ1v) is 8.40. The predicted octanol–water partition coefficient (Wildman–Crippen LogP) is 4.33. The summed E-state index contributed by atoms with van der Waals surface area (Å²) in [4.78, 5) is 2.36. The summed E-state index contributed by atoms with van der Waals surface area (Å²) in [6.45, 7) is 1.13. The molecule has 126 valence electrons. The summed E-state index contributed by atoms with van der Waals surface area (Å²) in [7, 11) is 3.59. The molecule has 2 aromatic heterocycles. The second-order valence-electron chi connectivity index (χ2n) is 5.26. The Balaban J connectivity index is 1.72. The van der Waals surface area contributed by atoms with Gasteiger partial charge in [0.1, 0.15) is 11.5 Å². The van der Waals surface area contributed by atoms with Crippen LogP contribution in [0.1, 0.15) is 5.76 Å². The van der Waals surface area contributed by atoms with Crippen molar-refractivity contribution in [1.29, 1.82) is 0 Å². The third kappa shape index (κ3) is 3.95. The van der Waals surface area contributed by atoms with Gasteiger partial charge in [0.25, 0.3) is 4.84 Å². The van der Waals surface area contributed by atoms with Crippen molar-refractivity contribution in [2.24, 2.45) is 0 Å². The molecule has 0 aliphatic heterocycles. The zero-order valence-corrected chi connectivity index (χ0v) is 15.6. The molecule has 0 N–H and O–H groups in total. The van der Waals surface area contributed by atoms with Crippen LogP contribution in [0.15, 0.2) is 49.9 Å². The fourth-order valence-electron chi connectivity index (χ4n) is 2.23. The summed E-state index contributed by atoms with van der Waals surface area (Å²) in [6.07, 6.45) is 0. The van der Waals surface area contributed by atoms with E-state index in [2.05, 4.69) is 21.0 Å². The molecular formula is C16H16BrN3O3S. The standard InChI is InChI=1S/C16H16BrN3O3S/c1-19(9-13-7-8-14(17)22-13)10-20-16(24)23-15(18-20)11-3-5-12(21-2)6-4-11/h3-8H,9-10H2,1-2H3. The largest absolute Gasteiger partial charge is 0.497 e. The minimum absolute atomic E-state index is 0.327. The highest BCUT2D eigenvalue weighted by atomic mass is 79.9. The number of rotatable bonds is 6. The summed E-state index contributed by atoms with van der Waals surface area (Å²) in [5.41, 5.74) is 0.846. The SMILES string of the molecule is COc1ccc(-c2nn(CN(C)Cc3ccc(Br)o3)c(=S)o2)cc1. The minimum atomic E-state index is 0.327. The van der Waals surface area contributed by atoms with Gasteiger partial charge >= 0.3 is 0 Å². The van der Waals surface area contributed by atoms with E-state index in [0.717, 1.165) is 17.1 Å². The van der Waals surface area contributed by atoms with Gasteiger partial charge in [-0.2, -0.15) is 0 Å². The van der Waals surface area contributed by atoms with Gasteiger partial charge in [0.05, 0.1) is 20.3 Å². The van der Waals surface area contributed by atoms with Crippen molar-refractivity contribution in [1.82, 2.24) is 14.7 Å². The van der Waals surface area contributed by atoms with Gasteiger partial charge in [-0.25, -0.2) is 4.68 Å². The van der Waals surface area contributed by atoms with Crippen LogP contribution in [-0.2, 0) is 13.2 Å². The molecule has 0 bridgehead atoms. The fraction of sp³-hybridized carbons (Fsp3) is 0.250. The second-order valence-corrected chi connectivity index (χ2v) is 6.39. The van der Waals surface area contributed by atoms with Gasteiger partial charge in [-0.3, -0.25) is 4.90 Å². The Morgan fingerprint density at radius 1 is 1.21 bits per heavy atom. The number of halogens is 1. The number of hydrogen-bond acceptors (Lipinski definition) is 6. The molecule has 0 radical (unpaired) electrons. The van der Waals surface area contributed by atoms with Crippen molar-refractivity contribution in [2.45, 2.75) is 13.2 Å². The molecule has 6 nitrogen and oxygen atoms in total. The smallest absolute Gasteiger partial charge is 0.288 e. The Hall–Kier alpha value is -1.90. The van der Waals surface area contributed by atoms with Crippen molar-refractivity contribution in [2.75, 3.05) is 14.2 Å². The first kappa shape index (κ1) is 16.9. The average Bonchev–Trinajstić information content (AvgIpc) is 3.13. The molecule has 0 aliphatic carbocycles. The van der Waals surface area contributed by atoms with Gasteiger partial charge in [-0.05, 0) is 71.6 Å².